The van der Waals surface area contributed by atoms with Crippen LogP contribution in [0, 0.1) is 11.7 Å². The number of benzene rings is 1. The summed E-state index contributed by atoms with van der Waals surface area (Å²) in [4.78, 5) is 42.1. The third-order valence-corrected chi connectivity index (χ3v) is 8.91. The number of rotatable bonds is 13. The Kier molecular flexibility index (Phi) is 10.3. The van der Waals surface area contributed by atoms with Crippen LogP contribution in [0.1, 0.15) is 43.9 Å². The van der Waals surface area contributed by atoms with Crippen molar-refractivity contribution in [2.75, 3.05) is 38.1 Å². The number of carbonyl (C=O) groups excluding carboxylic acids is 3. The van der Waals surface area contributed by atoms with Gasteiger partial charge >= 0.3 is 5.97 Å². The number of nitrogens with one attached hydrogen (secondary N) is 3. The average Bonchev–Trinajstić information content (AvgIpc) is 2.92. The van der Waals surface area contributed by atoms with E-state index in [0.717, 1.165) is 60.2 Å². The summed E-state index contributed by atoms with van der Waals surface area (Å²) in [5.74, 6) is -1.92. The number of fused-ring (bicyclic) bond motifs is 1. The molecule has 13 heteroatoms. The van der Waals surface area contributed by atoms with Gasteiger partial charge in [-0.2, -0.15) is 4.31 Å². The molecule has 11 nitrogen and oxygen atoms in total. The van der Waals surface area contributed by atoms with Gasteiger partial charge in [0.25, 0.3) is 0 Å². The highest BCUT2D eigenvalue weighted by Gasteiger charge is 2.41. The summed E-state index contributed by atoms with van der Waals surface area (Å²) in [6.07, 6.45) is 4.53. The molecular formula is C28H36FN5O6S. The van der Waals surface area contributed by atoms with Crippen molar-refractivity contribution >= 4 is 33.6 Å². The lowest BCUT2D eigenvalue weighted by Crippen LogP contribution is -2.59. The summed E-state index contributed by atoms with van der Waals surface area (Å²) < 4.78 is 44.9. The summed E-state index contributed by atoms with van der Waals surface area (Å²) in [6, 6.07) is 7.66. The Bertz CT molecular complexity index is 1370. The smallest absolute Gasteiger partial charge is 0.330 e. The van der Waals surface area contributed by atoms with Gasteiger partial charge in [0.1, 0.15) is 17.7 Å². The van der Waals surface area contributed by atoms with Gasteiger partial charge in [-0.25, -0.2) is 22.6 Å². The second-order valence-corrected chi connectivity index (χ2v) is 12.1. The Morgan fingerprint density at radius 2 is 2.00 bits per heavy atom. The number of ether oxygens (including phenoxy) is 1. The molecule has 1 saturated heterocycles. The number of hydrogen-bond acceptors (Lipinski definition) is 8. The Morgan fingerprint density at radius 1 is 1.20 bits per heavy atom. The number of aromatic nitrogens is 1. The average molecular weight is 590 g/mol. The molecule has 1 atom stereocenters. The zero-order valence-electron chi connectivity index (χ0n) is 23.0. The van der Waals surface area contributed by atoms with Crippen molar-refractivity contribution < 1.29 is 31.9 Å². The lowest BCUT2D eigenvalue weighted by molar-refractivity contribution is -0.148. The maximum Gasteiger partial charge on any atom is 0.330 e. The van der Waals surface area contributed by atoms with Crippen molar-refractivity contribution in [2.24, 2.45) is 5.92 Å². The molecule has 222 valence electrons. The number of carbonyl (C=O) groups is 3. The number of amides is 2. The summed E-state index contributed by atoms with van der Waals surface area (Å²) in [6.45, 7) is 2.27. The zero-order chi connectivity index (χ0) is 29.4. The van der Waals surface area contributed by atoms with Crippen LogP contribution in [0.2, 0.25) is 0 Å². The minimum Gasteiger partial charge on any atom is -0.464 e. The van der Waals surface area contributed by atoms with Gasteiger partial charge in [-0.1, -0.05) is 12.1 Å². The van der Waals surface area contributed by atoms with Crippen molar-refractivity contribution in [3.8, 4) is 0 Å². The minimum absolute atomic E-state index is 0.0918. The third kappa shape index (κ3) is 8.00. The van der Waals surface area contributed by atoms with E-state index in [1.54, 1.807) is 6.92 Å². The van der Waals surface area contributed by atoms with Gasteiger partial charge in [0, 0.05) is 38.3 Å². The number of unbranched alkanes of at least 4 members (excludes halogenated alkanes) is 1. The molecule has 0 spiro atoms. The van der Waals surface area contributed by atoms with Gasteiger partial charge in [-0.05, 0) is 68.9 Å². The highest BCUT2D eigenvalue weighted by Crippen LogP contribution is 2.26. The Morgan fingerprint density at radius 3 is 2.76 bits per heavy atom. The van der Waals surface area contributed by atoms with Crippen LogP contribution in [0.3, 0.4) is 0 Å². The molecule has 0 bridgehead atoms. The molecule has 3 heterocycles. The van der Waals surface area contributed by atoms with E-state index >= 15 is 0 Å². The monoisotopic (exact) mass is 589 g/mol. The second-order valence-electron chi connectivity index (χ2n) is 10.1. The fourth-order valence-electron chi connectivity index (χ4n) is 4.71. The quantitative estimate of drug-likeness (QED) is 0.237. The van der Waals surface area contributed by atoms with Crippen LogP contribution in [0.25, 0.3) is 0 Å². The molecule has 4 rings (SSSR count). The Hall–Kier alpha value is -3.58. The van der Waals surface area contributed by atoms with Crippen molar-refractivity contribution in [3.05, 3.63) is 53.5 Å². The maximum atomic E-state index is 13.5. The van der Waals surface area contributed by atoms with Crippen molar-refractivity contribution in [3.63, 3.8) is 0 Å². The number of hydrogen-bond donors (Lipinski definition) is 3. The molecule has 3 N–H and O–H groups in total. The SMILES string of the molecule is CCOC(=O)C(CNC(=O)CCCCc1ccc2c(n1)NCCC2)NC(=O)C1CN(S(=O)(=O)c2cccc(F)c2)C1. The van der Waals surface area contributed by atoms with Crippen molar-refractivity contribution in [2.45, 2.75) is 56.4 Å². The number of anilines is 1. The summed E-state index contributed by atoms with van der Waals surface area (Å²) >= 11 is 0. The zero-order valence-corrected chi connectivity index (χ0v) is 23.8. The number of nitrogens with zero attached hydrogens (tertiary/aromatic N) is 2. The molecule has 1 unspecified atom stereocenters. The van der Waals surface area contributed by atoms with Crippen LogP contribution in [-0.4, -0.2) is 74.3 Å². The standard InChI is InChI=1S/C28H36FN5O6S/c1-2-40-28(37)24(33-27(36)20-17-34(18-20)41(38,39)23-10-5-8-21(29)15-23)16-31-25(35)11-4-3-9-22-13-12-19-7-6-14-30-26(19)32-22/h5,8,10,12-13,15,20,24H,2-4,6-7,9,11,14,16-18H2,1H3,(H,30,32)(H,31,35)(H,33,36). The van der Waals surface area contributed by atoms with E-state index in [1.807, 2.05) is 6.07 Å². The predicted octanol–water partition coefficient (Wildman–Crippen LogP) is 1.78. The summed E-state index contributed by atoms with van der Waals surface area (Å²) in [7, 11) is -3.94. The molecule has 0 saturated carbocycles. The fraction of sp³-hybridized carbons (Fsp3) is 0.500. The predicted molar refractivity (Wildman–Crippen MR) is 149 cm³/mol. The van der Waals surface area contributed by atoms with E-state index in [9.17, 15) is 27.2 Å². The van der Waals surface area contributed by atoms with Gasteiger partial charge < -0.3 is 20.7 Å². The van der Waals surface area contributed by atoms with E-state index < -0.39 is 39.7 Å². The molecule has 2 aromatic rings. The van der Waals surface area contributed by atoms with Crippen LogP contribution < -0.4 is 16.0 Å². The van der Waals surface area contributed by atoms with Gasteiger partial charge in [-0.3, -0.25) is 9.59 Å². The van der Waals surface area contributed by atoms with E-state index in [-0.39, 0.29) is 43.5 Å². The van der Waals surface area contributed by atoms with E-state index in [4.69, 9.17) is 4.74 Å². The third-order valence-electron chi connectivity index (χ3n) is 7.08. The molecule has 0 aliphatic carbocycles. The number of esters is 1. The molecule has 41 heavy (non-hydrogen) atoms. The van der Waals surface area contributed by atoms with E-state index in [1.165, 1.54) is 17.7 Å². The summed E-state index contributed by atoms with van der Waals surface area (Å²) in [5.41, 5.74) is 2.20. The Labute approximate surface area is 239 Å². The topological polar surface area (TPSA) is 147 Å². The van der Waals surface area contributed by atoms with E-state index in [2.05, 4.69) is 27.0 Å². The molecule has 2 aliphatic heterocycles. The van der Waals surface area contributed by atoms with Crippen LogP contribution >= 0.6 is 0 Å². The molecule has 0 radical (unpaired) electrons. The number of pyridine rings is 1. The first-order valence-corrected chi connectivity index (χ1v) is 15.3. The first-order chi connectivity index (χ1) is 19.7. The number of halogens is 1. The van der Waals surface area contributed by atoms with Crippen molar-refractivity contribution in [1.29, 1.82) is 0 Å². The molecular weight excluding hydrogens is 553 g/mol. The van der Waals surface area contributed by atoms with Crippen LogP contribution in [0.4, 0.5) is 10.2 Å². The van der Waals surface area contributed by atoms with E-state index in [0.29, 0.717) is 6.42 Å². The molecule has 1 fully saturated rings. The normalized spacial score (nSPS) is 16.0. The largest absolute Gasteiger partial charge is 0.464 e. The van der Waals surface area contributed by atoms with Crippen LogP contribution in [0.15, 0.2) is 41.3 Å². The second kappa shape index (κ2) is 13.9. The lowest BCUT2D eigenvalue weighted by Gasteiger charge is -2.37. The van der Waals surface area contributed by atoms with Crippen LogP contribution in [-0.2, 0) is 42.0 Å². The fourth-order valence-corrected chi connectivity index (χ4v) is 6.27. The summed E-state index contributed by atoms with van der Waals surface area (Å²) in [5, 5.41) is 8.57. The first-order valence-electron chi connectivity index (χ1n) is 13.9. The van der Waals surface area contributed by atoms with Crippen LogP contribution in [0.5, 0.6) is 0 Å². The molecule has 1 aromatic carbocycles. The molecule has 2 aliphatic rings. The minimum atomic E-state index is -3.94. The number of sulfonamides is 1. The lowest BCUT2D eigenvalue weighted by atomic mass is 10.0. The van der Waals surface area contributed by atoms with Gasteiger partial charge in [0.2, 0.25) is 21.8 Å². The number of aryl methyl sites for hydroxylation is 2. The highest BCUT2D eigenvalue weighted by atomic mass is 32.2. The van der Waals surface area contributed by atoms with Gasteiger partial charge in [0.05, 0.1) is 17.4 Å². The molecule has 2 amide bonds. The highest BCUT2D eigenvalue weighted by molar-refractivity contribution is 7.89. The molecule has 1 aromatic heterocycles. The maximum absolute atomic E-state index is 13.5. The van der Waals surface area contributed by atoms with Gasteiger partial charge in [-0.15, -0.1) is 0 Å². The first kappa shape index (κ1) is 30.4. The van der Waals surface area contributed by atoms with Crippen molar-refractivity contribution in [1.82, 2.24) is 19.9 Å². The van der Waals surface area contributed by atoms with Gasteiger partial charge in [0.15, 0.2) is 0 Å². The Balaban J connectivity index is 1.21.